The highest BCUT2D eigenvalue weighted by Crippen LogP contribution is 2.41. The van der Waals surface area contributed by atoms with Gasteiger partial charge in [0.15, 0.2) is 0 Å². The van der Waals surface area contributed by atoms with Crippen molar-refractivity contribution in [1.82, 2.24) is 9.80 Å². The van der Waals surface area contributed by atoms with Gasteiger partial charge in [0, 0.05) is 12.1 Å². The van der Waals surface area contributed by atoms with Crippen LogP contribution in [-0.4, -0.2) is 59.1 Å². The molecule has 3 aliphatic rings. The second kappa shape index (κ2) is 5.17. The summed E-state index contributed by atoms with van der Waals surface area (Å²) in [6.45, 7) is 4.85. The zero-order valence-electron chi connectivity index (χ0n) is 11.1. The molecule has 2 bridgehead atoms. The van der Waals surface area contributed by atoms with E-state index >= 15 is 0 Å². The van der Waals surface area contributed by atoms with Crippen LogP contribution in [0.5, 0.6) is 0 Å². The Morgan fingerprint density at radius 2 is 1.94 bits per heavy atom. The van der Waals surface area contributed by atoms with Gasteiger partial charge in [0.05, 0.1) is 5.92 Å². The van der Waals surface area contributed by atoms with E-state index in [1.165, 1.54) is 45.3 Å². The van der Waals surface area contributed by atoms with E-state index in [2.05, 4.69) is 9.80 Å². The molecular weight excluding hydrogens is 228 g/mol. The topological polar surface area (TPSA) is 43.8 Å². The summed E-state index contributed by atoms with van der Waals surface area (Å²) >= 11 is 0. The van der Waals surface area contributed by atoms with Gasteiger partial charge in [-0.05, 0) is 64.7 Å². The van der Waals surface area contributed by atoms with Crippen LogP contribution in [0.25, 0.3) is 0 Å². The second-order valence-electron chi connectivity index (χ2n) is 6.12. The van der Waals surface area contributed by atoms with Crippen molar-refractivity contribution in [2.45, 2.75) is 50.6 Å². The lowest BCUT2D eigenvalue weighted by Gasteiger charge is -2.24. The number of likely N-dealkylation sites (tertiary alicyclic amines) is 1. The summed E-state index contributed by atoms with van der Waals surface area (Å²) in [5.74, 6) is -0.665. The maximum Gasteiger partial charge on any atom is 0.308 e. The maximum absolute atomic E-state index is 11.2. The Morgan fingerprint density at radius 3 is 2.61 bits per heavy atom. The van der Waals surface area contributed by atoms with Gasteiger partial charge in [-0.25, -0.2) is 0 Å². The predicted molar refractivity (Wildman–Crippen MR) is 69.5 cm³/mol. The van der Waals surface area contributed by atoms with Crippen molar-refractivity contribution in [1.29, 1.82) is 0 Å². The summed E-state index contributed by atoms with van der Waals surface area (Å²) < 4.78 is 0. The molecule has 3 fully saturated rings. The van der Waals surface area contributed by atoms with E-state index in [9.17, 15) is 9.90 Å². The van der Waals surface area contributed by atoms with Crippen molar-refractivity contribution in [3.8, 4) is 0 Å². The van der Waals surface area contributed by atoms with Gasteiger partial charge < -0.3 is 10.0 Å². The van der Waals surface area contributed by atoms with Crippen LogP contribution in [0, 0.1) is 5.92 Å². The molecule has 0 amide bonds. The first kappa shape index (κ1) is 12.4. The molecule has 4 heteroatoms. The van der Waals surface area contributed by atoms with Crippen molar-refractivity contribution in [3.63, 3.8) is 0 Å². The highest BCUT2D eigenvalue weighted by molar-refractivity contribution is 5.71. The fraction of sp³-hybridized carbons (Fsp3) is 0.929. The molecule has 18 heavy (non-hydrogen) atoms. The van der Waals surface area contributed by atoms with Crippen molar-refractivity contribution >= 4 is 5.97 Å². The molecule has 1 N–H and O–H groups in total. The van der Waals surface area contributed by atoms with Gasteiger partial charge in [0.25, 0.3) is 0 Å². The number of aliphatic carboxylic acids is 1. The Labute approximate surface area is 109 Å². The first-order valence-corrected chi connectivity index (χ1v) is 7.46. The number of fused-ring (bicyclic) bond motifs is 2. The molecule has 3 heterocycles. The normalized spacial score (nSPS) is 36.6. The van der Waals surface area contributed by atoms with E-state index in [0.717, 1.165) is 19.4 Å². The number of carboxylic acid groups (broad SMARTS) is 1. The lowest BCUT2D eigenvalue weighted by molar-refractivity contribution is -0.142. The highest BCUT2D eigenvalue weighted by Gasteiger charge is 2.48. The highest BCUT2D eigenvalue weighted by atomic mass is 16.4. The molecule has 102 valence electrons. The smallest absolute Gasteiger partial charge is 0.308 e. The standard InChI is InChI=1S/C14H24N2O2/c17-14(18)12-10-11-4-5-13(12)16(11)9-3-8-15-6-1-2-7-15/h11-13H,1-10H2,(H,17,18). The zero-order chi connectivity index (χ0) is 12.5. The maximum atomic E-state index is 11.2. The first-order chi connectivity index (χ1) is 8.75. The van der Waals surface area contributed by atoms with E-state index in [0.29, 0.717) is 12.1 Å². The molecule has 0 spiro atoms. The summed E-state index contributed by atoms with van der Waals surface area (Å²) in [5, 5.41) is 9.22. The molecule has 0 aromatic rings. The third-order valence-electron chi connectivity index (χ3n) is 5.09. The Morgan fingerprint density at radius 1 is 1.17 bits per heavy atom. The molecule has 0 aromatic carbocycles. The van der Waals surface area contributed by atoms with E-state index in [-0.39, 0.29) is 5.92 Å². The third-order valence-corrected chi connectivity index (χ3v) is 5.09. The minimum atomic E-state index is -0.577. The summed E-state index contributed by atoms with van der Waals surface area (Å²) in [7, 11) is 0. The van der Waals surface area contributed by atoms with E-state index < -0.39 is 5.97 Å². The Bertz CT molecular complexity index is 315. The average molecular weight is 252 g/mol. The van der Waals surface area contributed by atoms with Crippen LogP contribution in [0.4, 0.5) is 0 Å². The number of hydrogen-bond donors (Lipinski definition) is 1. The molecule has 3 atom stereocenters. The lowest BCUT2D eigenvalue weighted by atomic mass is 9.89. The van der Waals surface area contributed by atoms with Crippen molar-refractivity contribution in [2.24, 2.45) is 5.92 Å². The van der Waals surface area contributed by atoms with Gasteiger partial charge in [-0.15, -0.1) is 0 Å². The van der Waals surface area contributed by atoms with Crippen LogP contribution in [0.3, 0.4) is 0 Å². The largest absolute Gasteiger partial charge is 0.481 e. The van der Waals surface area contributed by atoms with Crippen LogP contribution >= 0.6 is 0 Å². The number of hydrogen-bond acceptors (Lipinski definition) is 3. The van der Waals surface area contributed by atoms with Crippen molar-refractivity contribution in [3.05, 3.63) is 0 Å². The second-order valence-corrected chi connectivity index (χ2v) is 6.12. The molecule has 0 saturated carbocycles. The first-order valence-electron chi connectivity index (χ1n) is 7.46. The van der Waals surface area contributed by atoms with Crippen LogP contribution in [0.15, 0.2) is 0 Å². The Kier molecular flexibility index (Phi) is 3.57. The van der Waals surface area contributed by atoms with Crippen LogP contribution < -0.4 is 0 Å². The van der Waals surface area contributed by atoms with Gasteiger partial charge in [0.2, 0.25) is 0 Å². The van der Waals surface area contributed by atoms with Gasteiger partial charge in [-0.1, -0.05) is 0 Å². The van der Waals surface area contributed by atoms with Gasteiger partial charge in [-0.2, -0.15) is 0 Å². The lowest BCUT2D eigenvalue weighted by Crippen LogP contribution is -2.35. The Balaban J connectivity index is 1.47. The number of nitrogens with zero attached hydrogens (tertiary/aromatic N) is 2. The molecule has 3 saturated heterocycles. The van der Waals surface area contributed by atoms with Crippen molar-refractivity contribution in [2.75, 3.05) is 26.2 Å². The number of rotatable bonds is 5. The summed E-state index contributed by atoms with van der Waals surface area (Å²) in [5.41, 5.74) is 0. The van der Waals surface area contributed by atoms with Gasteiger partial charge >= 0.3 is 5.97 Å². The van der Waals surface area contributed by atoms with Crippen LogP contribution in [0.1, 0.15) is 38.5 Å². The minimum Gasteiger partial charge on any atom is -0.481 e. The zero-order valence-corrected chi connectivity index (χ0v) is 11.1. The predicted octanol–water partition coefficient (Wildman–Crippen LogP) is 1.41. The number of carboxylic acids is 1. The summed E-state index contributed by atoms with van der Waals surface area (Å²) in [6.07, 6.45) is 7.14. The molecule has 3 aliphatic heterocycles. The summed E-state index contributed by atoms with van der Waals surface area (Å²) in [6, 6.07) is 0.903. The fourth-order valence-corrected chi connectivity index (χ4v) is 4.20. The molecule has 3 rings (SSSR count). The average Bonchev–Trinajstić information content (AvgIpc) is 3.05. The quantitative estimate of drug-likeness (QED) is 0.803. The molecule has 3 unspecified atom stereocenters. The van der Waals surface area contributed by atoms with Crippen LogP contribution in [-0.2, 0) is 4.79 Å². The van der Waals surface area contributed by atoms with Crippen LogP contribution in [0.2, 0.25) is 0 Å². The summed E-state index contributed by atoms with van der Waals surface area (Å²) in [4.78, 5) is 16.2. The van der Waals surface area contributed by atoms with Crippen molar-refractivity contribution < 1.29 is 9.90 Å². The SMILES string of the molecule is O=C(O)C1CC2CCC1N2CCCN1CCCC1. The monoisotopic (exact) mass is 252 g/mol. The van der Waals surface area contributed by atoms with E-state index in [1.807, 2.05) is 0 Å². The molecular formula is C14H24N2O2. The molecule has 0 aliphatic carbocycles. The van der Waals surface area contributed by atoms with E-state index in [4.69, 9.17) is 0 Å². The van der Waals surface area contributed by atoms with Gasteiger partial charge in [-0.3, -0.25) is 9.69 Å². The van der Waals surface area contributed by atoms with Gasteiger partial charge in [0.1, 0.15) is 0 Å². The number of carbonyl (C=O) groups is 1. The molecule has 4 nitrogen and oxygen atoms in total. The minimum absolute atomic E-state index is 0.0875. The molecule has 0 aromatic heterocycles. The fourth-order valence-electron chi connectivity index (χ4n) is 4.20. The third kappa shape index (κ3) is 2.28. The Hall–Kier alpha value is -0.610. The molecule has 0 radical (unpaired) electrons. The van der Waals surface area contributed by atoms with E-state index in [1.54, 1.807) is 0 Å².